The Morgan fingerprint density at radius 2 is 1.95 bits per heavy atom. The van der Waals surface area contributed by atoms with Gasteiger partial charge in [0.15, 0.2) is 0 Å². The average Bonchev–Trinajstić information content (AvgIpc) is 3.36. The first-order valence-corrected chi connectivity index (χ1v) is 7.58. The molecule has 0 amide bonds. The van der Waals surface area contributed by atoms with Crippen LogP contribution in [0.1, 0.15) is 25.3 Å². The molecule has 1 N–H and O–H groups in total. The van der Waals surface area contributed by atoms with Crippen LogP contribution in [0.25, 0.3) is 10.8 Å². The van der Waals surface area contributed by atoms with Crippen LogP contribution in [0, 0.1) is 11.3 Å². The Labute approximate surface area is 126 Å². The lowest BCUT2D eigenvalue weighted by Crippen LogP contribution is -2.36. The van der Waals surface area contributed by atoms with Crippen LogP contribution in [0.4, 0.5) is 5.69 Å². The Morgan fingerprint density at radius 3 is 2.62 bits per heavy atom. The summed E-state index contributed by atoms with van der Waals surface area (Å²) in [6.45, 7) is 3.18. The van der Waals surface area contributed by atoms with Gasteiger partial charge in [0.1, 0.15) is 0 Å². The van der Waals surface area contributed by atoms with E-state index in [4.69, 9.17) is 0 Å². The number of nitriles is 1. The van der Waals surface area contributed by atoms with E-state index in [2.05, 4.69) is 36.3 Å². The standard InChI is InChI=1S/C18H21N3/c1-13(21(2)15-8-9-15)12-20-18-10-7-14(11-19)16-5-3-4-6-17(16)18/h3-7,10,13,15,20H,8-9,12H2,1-2H3. The second kappa shape index (κ2) is 5.75. The Balaban J connectivity index is 1.79. The molecule has 0 heterocycles. The zero-order valence-corrected chi connectivity index (χ0v) is 12.6. The lowest BCUT2D eigenvalue weighted by molar-refractivity contribution is 0.257. The van der Waals surface area contributed by atoms with Gasteiger partial charge in [0.25, 0.3) is 0 Å². The largest absolute Gasteiger partial charge is 0.383 e. The summed E-state index contributed by atoms with van der Waals surface area (Å²) in [5, 5.41) is 14.9. The number of rotatable bonds is 5. The maximum Gasteiger partial charge on any atom is 0.0998 e. The Hall–Kier alpha value is -2.05. The van der Waals surface area contributed by atoms with Crippen molar-refractivity contribution in [3.63, 3.8) is 0 Å². The van der Waals surface area contributed by atoms with Gasteiger partial charge in [-0.1, -0.05) is 24.3 Å². The highest BCUT2D eigenvalue weighted by Gasteiger charge is 2.28. The van der Waals surface area contributed by atoms with Gasteiger partial charge in [0.05, 0.1) is 11.6 Å². The number of fused-ring (bicyclic) bond motifs is 1. The fourth-order valence-corrected chi connectivity index (χ4v) is 2.79. The van der Waals surface area contributed by atoms with E-state index >= 15 is 0 Å². The van der Waals surface area contributed by atoms with E-state index in [9.17, 15) is 5.26 Å². The number of nitrogens with one attached hydrogen (secondary N) is 1. The van der Waals surface area contributed by atoms with Gasteiger partial charge in [-0.15, -0.1) is 0 Å². The van der Waals surface area contributed by atoms with Crippen LogP contribution in [0.2, 0.25) is 0 Å². The number of hydrogen-bond donors (Lipinski definition) is 1. The third kappa shape index (κ3) is 2.86. The number of nitrogens with zero attached hydrogens (tertiary/aromatic N) is 2. The quantitative estimate of drug-likeness (QED) is 0.908. The van der Waals surface area contributed by atoms with Gasteiger partial charge in [-0.25, -0.2) is 0 Å². The van der Waals surface area contributed by atoms with Crippen molar-refractivity contribution in [2.75, 3.05) is 18.9 Å². The molecule has 2 aromatic carbocycles. The first kappa shape index (κ1) is 13.9. The average molecular weight is 279 g/mol. The van der Waals surface area contributed by atoms with Crippen LogP contribution in [0.5, 0.6) is 0 Å². The van der Waals surface area contributed by atoms with Crippen LogP contribution in [0.3, 0.4) is 0 Å². The maximum absolute atomic E-state index is 9.21. The predicted octanol–water partition coefficient (Wildman–Crippen LogP) is 3.61. The Kier molecular flexibility index (Phi) is 3.81. The molecule has 0 bridgehead atoms. The van der Waals surface area contributed by atoms with Gasteiger partial charge < -0.3 is 5.32 Å². The molecule has 2 aromatic rings. The zero-order chi connectivity index (χ0) is 14.8. The molecule has 21 heavy (non-hydrogen) atoms. The number of likely N-dealkylation sites (N-methyl/N-ethyl adjacent to an activating group) is 1. The second-order valence-electron chi connectivity index (χ2n) is 5.94. The van der Waals surface area contributed by atoms with Gasteiger partial charge >= 0.3 is 0 Å². The monoisotopic (exact) mass is 279 g/mol. The van der Waals surface area contributed by atoms with E-state index in [1.54, 1.807) is 0 Å². The second-order valence-corrected chi connectivity index (χ2v) is 5.94. The molecular weight excluding hydrogens is 258 g/mol. The molecule has 3 heteroatoms. The molecule has 3 nitrogen and oxygen atoms in total. The third-order valence-electron chi connectivity index (χ3n) is 4.45. The van der Waals surface area contributed by atoms with Crippen LogP contribution < -0.4 is 5.32 Å². The fraction of sp³-hybridized carbons (Fsp3) is 0.389. The van der Waals surface area contributed by atoms with Crippen molar-refractivity contribution in [1.82, 2.24) is 4.90 Å². The van der Waals surface area contributed by atoms with Crippen molar-refractivity contribution < 1.29 is 0 Å². The van der Waals surface area contributed by atoms with Gasteiger partial charge in [-0.3, -0.25) is 4.90 Å². The van der Waals surface area contributed by atoms with E-state index in [-0.39, 0.29) is 0 Å². The lowest BCUT2D eigenvalue weighted by atomic mass is 10.0. The summed E-state index contributed by atoms with van der Waals surface area (Å²) in [5.74, 6) is 0. The Bertz CT molecular complexity index is 682. The van der Waals surface area contributed by atoms with Crippen molar-refractivity contribution in [3.05, 3.63) is 42.0 Å². The Morgan fingerprint density at radius 1 is 1.24 bits per heavy atom. The summed E-state index contributed by atoms with van der Waals surface area (Å²) in [5.41, 5.74) is 1.85. The molecule has 1 unspecified atom stereocenters. The molecule has 1 fully saturated rings. The molecule has 0 radical (unpaired) electrons. The van der Waals surface area contributed by atoms with E-state index < -0.39 is 0 Å². The minimum atomic E-state index is 0.506. The van der Waals surface area contributed by atoms with Gasteiger partial charge in [0, 0.05) is 35.1 Å². The SMILES string of the molecule is CC(CNc1ccc(C#N)c2ccccc12)N(C)C1CC1. The molecule has 1 atom stereocenters. The van der Waals surface area contributed by atoms with Crippen molar-refractivity contribution in [2.24, 2.45) is 0 Å². The van der Waals surface area contributed by atoms with Crippen LogP contribution in [0.15, 0.2) is 36.4 Å². The molecular formula is C18H21N3. The highest BCUT2D eigenvalue weighted by Crippen LogP contribution is 2.28. The van der Waals surface area contributed by atoms with Crippen molar-refractivity contribution in [1.29, 1.82) is 5.26 Å². The lowest BCUT2D eigenvalue weighted by Gasteiger charge is -2.25. The summed E-state index contributed by atoms with van der Waals surface area (Å²) in [4.78, 5) is 2.46. The third-order valence-corrected chi connectivity index (χ3v) is 4.45. The molecule has 3 rings (SSSR count). The predicted molar refractivity (Wildman–Crippen MR) is 87.4 cm³/mol. The first-order chi connectivity index (χ1) is 10.2. The van der Waals surface area contributed by atoms with Crippen LogP contribution in [-0.4, -0.2) is 30.6 Å². The normalized spacial score (nSPS) is 15.9. The smallest absolute Gasteiger partial charge is 0.0998 e. The number of hydrogen-bond acceptors (Lipinski definition) is 3. The molecule has 1 aliphatic rings. The molecule has 0 spiro atoms. The maximum atomic E-state index is 9.21. The van der Waals surface area contributed by atoms with Crippen LogP contribution in [-0.2, 0) is 0 Å². The summed E-state index contributed by atoms with van der Waals surface area (Å²) in [6, 6.07) is 15.6. The molecule has 0 saturated heterocycles. The molecule has 0 aromatic heterocycles. The van der Waals surface area contributed by atoms with Crippen LogP contribution >= 0.6 is 0 Å². The topological polar surface area (TPSA) is 39.1 Å². The highest BCUT2D eigenvalue weighted by atomic mass is 15.2. The molecule has 1 saturated carbocycles. The summed E-state index contributed by atoms with van der Waals surface area (Å²) in [6.07, 6.45) is 2.67. The molecule has 0 aliphatic heterocycles. The number of anilines is 1. The van der Waals surface area contributed by atoms with Crippen molar-refractivity contribution in [3.8, 4) is 6.07 Å². The number of benzene rings is 2. The van der Waals surface area contributed by atoms with Gasteiger partial charge in [-0.2, -0.15) is 5.26 Å². The fourth-order valence-electron chi connectivity index (χ4n) is 2.79. The first-order valence-electron chi connectivity index (χ1n) is 7.58. The van der Waals surface area contributed by atoms with E-state index in [0.29, 0.717) is 6.04 Å². The van der Waals surface area contributed by atoms with Gasteiger partial charge in [-0.05, 0) is 38.9 Å². The zero-order valence-electron chi connectivity index (χ0n) is 12.6. The minimum absolute atomic E-state index is 0.506. The summed E-state index contributed by atoms with van der Waals surface area (Å²) >= 11 is 0. The molecule has 1 aliphatic carbocycles. The van der Waals surface area contributed by atoms with Gasteiger partial charge in [0.2, 0.25) is 0 Å². The summed E-state index contributed by atoms with van der Waals surface area (Å²) < 4.78 is 0. The van der Waals surface area contributed by atoms with E-state index in [0.717, 1.165) is 34.6 Å². The van der Waals surface area contributed by atoms with Crippen molar-refractivity contribution in [2.45, 2.75) is 31.8 Å². The van der Waals surface area contributed by atoms with E-state index in [1.807, 2.05) is 30.3 Å². The molecule has 108 valence electrons. The summed E-state index contributed by atoms with van der Waals surface area (Å²) in [7, 11) is 2.21. The van der Waals surface area contributed by atoms with Crippen molar-refractivity contribution >= 4 is 16.5 Å². The minimum Gasteiger partial charge on any atom is -0.383 e. The highest BCUT2D eigenvalue weighted by molar-refractivity contribution is 5.97. The van der Waals surface area contributed by atoms with E-state index in [1.165, 1.54) is 12.8 Å².